The second-order valence-electron chi connectivity index (χ2n) is 13.3. The molecular formula is C36H42O2Si2. The van der Waals surface area contributed by atoms with Gasteiger partial charge in [0.2, 0.25) is 0 Å². The van der Waals surface area contributed by atoms with Crippen LogP contribution in [0.5, 0.6) is 0 Å². The first-order valence-corrected chi connectivity index (χ1v) is 21.4. The SMILES string of the molecule is CC(c1cccc2c1C([Si](C)(C)CCO)c1ccccc1-2)c1cccc2c1C([Si](C)(C)CCO)c1ccccc1-2. The Hall–Kier alpha value is -2.77. The van der Waals surface area contributed by atoms with Crippen molar-refractivity contribution in [3.05, 3.63) is 118 Å². The van der Waals surface area contributed by atoms with Crippen LogP contribution in [-0.2, 0) is 0 Å². The molecule has 2 aliphatic carbocycles. The van der Waals surface area contributed by atoms with E-state index in [4.69, 9.17) is 0 Å². The normalized spacial score (nSPS) is 18.2. The van der Waals surface area contributed by atoms with Crippen molar-refractivity contribution in [3.8, 4) is 22.3 Å². The molecule has 0 aromatic heterocycles. The van der Waals surface area contributed by atoms with Crippen molar-refractivity contribution in [2.75, 3.05) is 13.2 Å². The number of hydrogen-bond donors (Lipinski definition) is 2. The summed E-state index contributed by atoms with van der Waals surface area (Å²) < 4.78 is 0. The molecule has 2 atom stereocenters. The lowest BCUT2D eigenvalue weighted by Crippen LogP contribution is -2.36. The van der Waals surface area contributed by atoms with Crippen LogP contribution in [0.4, 0.5) is 0 Å². The van der Waals surface area contributed by atoms with Gasteiger partial charge in [-0.1, -0.05) is 118 Å². The van der Waals surface area contributed by atoms with Crippen LogP contribution in [0.1, 0.15) is 57.3 Å². The van der Waals surface area contributed by atoms with Gasteiger partial charge in [0.25, 0.3) is 0 Å². The second kappa shape index (κ2) is 10.3. The molecule has 2 unspecified atom stereocenters. The lowest BCUT2D eigenvalue weighted by atomic mass is 9.84. The zero-order valence-corrected chi connectivity index (χ0v) is 26.5. The molecule has 206 valence electrons. The summed E-state index contributed by atoms with van der Waals surface area (Å²) >= 11 is 0. The summed E-state index contributed by atoms with van der Waals surface area (Å²) in [4.78, 5) is 0. The minimum absolute atomic E-state index is 0.233. The maximum Gasteiger partial charge on any atom is 0.0627 e. The predicted octanol–water partition coefficient (Wildman–Crippen LogP) is 8.54. The van der Waals surface area contributed by atoms with Crippen LogP contribution in [0, 0.1) is 0 Å². The van der Waals surface area contributed by atoms with E-state index < -0.39 is 16.1 Å². The first-order valence-electron chi connectivity index (χ1n) is 14.9. The van der Waals surface area contributed by atoms with E-state index in [1.165, 1.54) is 55.6 Å². The highest BCUT2D eigenvalue weighted by Gasteiger charge is 2.44. The molecule has 40 heavy (non-hydrogen) atoms. The highest BCUT2D eigenvalue weighted by Crippen LogP contribution is 2.56. The summed E-state index contributed by atoms with van der Waals surface area (Å²) in [6.07, 6.45) is 0. The first-order chi connectivity index (χ1) is 19.2. The average molecular weight is 563 g/mol. The van der Waals surface area contributed by atoms with Gasteiger partial charge in [-0.15, -0.1) is 0 Å². The van der Waals surface area contributed by atoms with E-state index in [1.807, 2.05) is 0 Å². The number of rotatable bonds is 8. The van der Waals surface area contributed by atoms with Gasteiger partial charge in [-0.05, 0) is 67.7 Å². The van der Waals surface area contributed by atoms with E-state index >= 15 is 0 Å². The molecule has 2 N–H and O–H groups in total. The van der Waals surface area contributed by atoms with E-state index in [0.29, 0.717) is 11.1 Å². The molecule has 0 spiro atoms. The molecule has 0 heterocycles. The van der Waals surface area contributed by atoms with Crippen molar-refractivity contribution in [1.29, 1.82) is 0 Å². The van der Waals surface area contributed by atoms with Gasteiger partial charge in [0, 0.05) is 30.2 Å². The number of fused-ring (bicyclic) bond motifs is 6. The molecular weight excluding hydrogens is 521 g/mol. The Balaban J connectivity index is 1.56. The van der Waals surface area contributed by atoms with Crippen LogP contribution in [0.3, 0.4) is 0 Å². The van der Waals surface area contributed by atoms with Crippen LogP contribution in [0.15, 0.2) is 84.9 Å². The molecule has 0 aliphatic heterocycles. The molecule has 4 heteroatoms. The Labute approximate surface area is 241 Å². The van der Waals surface area contributed by atoms with Crippen LogP contribution in [0.2, 0.25) is 38.3 Å². The van der Waals surface area contributed by atoms with Crippen molar-refractivity contribution in [2.24, 2.45) is 0 Å². The zero-order valence-electron chi connectivity index (χ0n) is 24.5. The van der Waals surface area contributed by atoms with Crippen molar-refractivity contribution >= 4 is 16.1 Å². The fourth-order valence-electron chi connectivity index (χ4n) is 7.99. The molecule has 0 amide bonds. The Morgan fingerprint density at radius 2 is 0.925 bits per heavy atom. The minimum Gasteiger partial charge on any atom is -0.397 e. The smallest absolute Gasteiger partial charge is 0.0627 e. The molecule has 0 fully saturated rings. The van der Waals surface area contributed by atoms with Gasteiger partial charge in [-0.3, -0.25) is 0 Å². The largest absolute Gasteiger partial charge is 0.397 e. The summed E-state index contributed by atoms with van der Waals surface area (Å²) in [6.45, 7) is 12.7. The quantitative estimate of drug-likeness (QED) is 0.211. The fraction of sp³-hybridized carbons (Fsp3) is 0.333. The molecule has 4 aromatic rings. The molecule has 4 aromatic carbocycles. The van der Waals surface area contributed by atoms with Crippen molar-refractivity contribution in [2.45, 2.75) is 62.2 Å². The van der Waals surface area contributed by atoms with Crippen LogP contribution in [0.25, 0.3) is 22.3 Å². The van der Waals surface area contributed by atoms with Gasteiger partial charge in [0.15, 0.2) is 0 Å². The maximum absolute atomic E-state index is 10.1. The van der Waals surface area contributed by atoms with Crippen molar-refractivity contribution < 1.29 is 10.2 Å². The summed E-state index contributed by atoms with van der Waals surface area (Å²) in [5.74, 6) is 0.233. The average Bonchev–Trinajstić information content (AvgIpc) is 3.47. The molecule has 2 aliphatic rings. The summed E-state index contributed by atoms with van der Waals surface area (Å²) in [6, 6.07) is 33.6. The monoisotopic (exact) mass is 562 g/mol. The molecule has 0 bridgehead atoms. The van der Waals surface area contributed by atoms with E-state index in [2.05, 4.69) is 118 Å². The third-order valence-electron chi connectivity index (χ3n) is 9.99. The zero-order chi connectivity index (χ0) is 28.2. The number of hydrogen-bond acceptors (Lipinski definition) is 2. The number of aliphatic hydroxyl groups is 2. The van der Waals surface area contributed by atoms with Crippen LogP contribution < -0.4 is 0 Å². The highest BCUT2D eigenvalue weighted by atomic mass is 28.3. The summed E-state index contributed by atoms with van der Waals surface area (Å²) in [5, 5.41) is 20.2. The summed E-state index contributed by atoms with van der Waals surface area (Å²) in [7, 11) is -3.70. The van der Waals surface area contributed by atoms with Gasteiger partial charge in [-0.2, -0.15) is 0 Å². The fourth-order valence-corrected chi connectivity index (χ4v) is 14.1. The standard InChI is InChI=1S/C36H42O2Si2/c1-24(25-16-10-18-29-27-12-6-8-14-31(27)35(33(25)29)39(2,3)22-20-37)26-17-11-19-30-28-13-7-9-15-32(28)36(34(26)30)40(4,5)23-21-38/h6-19,24,35-38H,20-23H2,1-5H3. The van der Waals surface area contributed by atoms with Crippen LogP contribution >= 0.6 is 0 Å². The lowest BCUT2D eigenvalue weighted by Gasteiger charge is -2.35. The van der Waals surface area contributed by atoms with Gasteiger partial charge >= 0.3 is 0 Å². The molecule has 0 saturated carbocycles. The Morgan fingerprint density at radius 3 is 1.32 bits per heavy atom. The van der Waals surface area contributed by atoms with Crippen molar-refractivity contribution in [1.82, 2.24) is 0 Å². The Kier molecular flexibility index (Phi) is 7.03. The topological polar surface area (TPSA) is 40.5 Å². The maximum atomic E-state index is 10.1. The molecule has 0 saturated heterocycles. The first kappa shape index (κ1) is 27.4. The van der Waals surface area contributed by atoms with E-state index in [0.717, 1.165) is 12.1 Å². The van der Waals surface area contributed by atoms with E-state index in [-0.39, 0.29) is 19.1 Å². The lowest BCUT2D eigenvalue weighted by molar-refractivity contribution is 0.315. The van der Waals surface area contributed by atoms with Gasteiger partial charge in [0.05, 0.1) is 16.1 Å². The van der Waals surface area contributed by atoms with E-state index in [1.54, 1.807) is 0 Å². The Bertz CT molecular complexity index is 1450. The van der Waals surface area contributed by atoms with Crippen molar-refractivity contribution in [3.63, 3.8) is 0 Å². The predicted molar refractivity (Wildman–Crippen MR) is 174 cm³/mol. The van der Waals surface area contributed by atoms with Crippen LogP contribution in [-0.4, -0.2) is 39.6 Å². The van der Waals surface area contributed by atoms with Gasteiger partial charge in [0.1, 0.15) is 0 Å². The van der Waals surface area contributed by atoms with Gasteiger partial charge < -0.3 is 10.2 Å². The van der Waals surface area contributed by atoms with E-state index in [9.17, 15) is 10.2 Å². The highest BCUT2D eigenvalue weighted by molar-refractivity contribution is 6.80. The number of benzene rings is 4. The summed E-state index contributed by atoms with van der Waals surface area (Å²) in [5.41, 5.74) is 15.0. The molecule has 0 radical (unpaired) electrons. The van der Waals surface area contributed by atoms with Gasteiger partial charge in [-0.25, -0.2) is 0 Å². The third kappa shape index (κ3) is 4.19. The molecule has 2 nitrogen and oxygen atoms in total. The Morgan fingerprint density at radius 1 is 0.550 bits per heavy atom. The second-order valence-corrected chi connectivity index (χ2v) is 23.4. The third-order valence-corrected chi connectivity index (χ3v) is 17.3. The number of aliphatic hydroxyl groups excluding tert-OH is 2. The molecule has 6 rings (SSSR count). The minimum atomic E-state index is -1.85.